The number of ether oxygens (including phenoxy) is 1. The summed E-state index contributed by atoms with van der Waals surface area (Å²) in [6, 6.07) is 6.08. The predicted octanol–water partition coefficient (Wildman–Crippen LogP) is 6.20. The summed E-state index contributed by atoms with van der Waals surface area (Å²) in [5.41, 5.74) is 7.86. The van der Waals surface area contributed by atoms with Crippen LogP contribution in [0, 0.1) is 28.1 Å². The average Bonchev–Trinajstić information content (AvgIpc) is 3.07. The Kier molecular flexibility index (Phi) is 13.4. The Labute approximate surface area is 309 Å². The first-order valence-corrected chi connectivity index (χ1v) is 20.4. The predicted molar refractivity (Wildman–Crippen MR) is 205 cm³/mol. The molecular formula is C38H64N6O4S2. The number of aromatic nitrogens is 1. The number of carbonyl (C=O) groups excluding carboxylic acids is 2. The molecule has 5 atom stereocenters. The van der Waals surface area contributed by atoms with E-state index >= 15 is 0 Å². The van der Waals surface area contributed by atoms with Crippen LogP contribution in [-0.4, -0.2) is 100 Å². The summed E-state index contributed by atoms with van der Waals surface area (Å²) in [6.45, 7) is 29.1. The van der Waals surface area contributed by atoms with E-state index in [1.807, 2.05) is 30.5 Å². The van der Waals surface area contributed by atoms with Crippen LogP contribution in [0.4, 0.5) is 0 Å². The first-order valence-electron chi connectivity index (χ1n) is 18.3. The lowest BCUT2D eigenvalue weighted by molar-refractivity contribution is -0.176. The highest BCUT2D eigenvalue weighted by Crippen LogP contribution is 2.60. The lowest BCUT2D eigenvalue weighted by atomic mass is 9.50. The van der Waals surface area contributed by atoms with E-state index in [1.165, 1.54) is 6.29 Å². The van der Waals surface area contributed by atoms with Crippen LogP contribution in [0.1, 0.15) is 89.0 Å². The molecule has 50 heavy (non-hydrogen) atoms. The summed E-state index contributed by atoms with van der Waals surface area (Å²) in [7, 11) is 3.45. The summed E-state index contributed by atoms with van der Waals surface area (Å²) < 4.78 is 5.43. The first kappa shape index (κ1) is 41.2. The third kappa shape index (κ3) is 8.48. The summed E-state index contributed by atoms with van der Waals surface area (Å²) in [6.07, 6.45) is 6.50. The number of piperazine rings is 1. The molecule has 10 nitrogen and oxygen atoms in total. The van der Waals surface area contributed by atoms with Crippen molar-refractivity contribution in [1.29, 1.82) is 0 Å². The van der Waals surface area contributed by atoms with Crippen LogP contribution in [0.15, 0.2) is 41.2 Å². The van der Waals surface area contributed by atoms with Crippen molar-refractivity contribution in [2.75, 3.05) is 46.1 Å². The zero-order chi connectivity index (χ0) is 37.1. The van der Waals surface area contributed by atoms with Gasteiger partial charge in [0, 0.05) is 72.8 Å². The topological polar surface area (TPSA) is 113 Å². The molecule has 3 heterocycles. The maximum atomic E-state index is 14.3. The van der Waals surface area contributed by atoms with Gasteiger partial charge in [-0.25, -0.2) is 9.99 Å². The van der Waals surface area contributed by atoms with Gasteiger partial charge in [-0.2, -0.15) is 0 Å². The molecule has 5 unspecified atom stereocenters. The molecule has 0 radical (unpaired) electrons. The van der Waals surface area contributed by atoms with Crippen molar-refractivity contribution in [3.63, 3.8) is 0 Å². The molecule has 4 rings (SSSR count). The molecule has 0 saturated carbocycles. The van der Waals surface area contributed by atoms with Gasteiger partial charge in [-0.05, 0) is 79.7 Å². The monoisotopic (exact) mass is 732 g/mol. The maximum Gasteiger partial charge on any atom is 0.160 e. The highest BCUT2D eigenvalue weighted by Gasteiger charge is 2.61. The first-order chi connectivity index (χ1) is 23.3. The minimum absolute atomic E-state index is 0.0390. The summed E-state index contributed by atoms with van der Waals surface area (Å²) in [4.78, 5) is 42.6. The number of hydrogen-bond donors (Lipinski definition) is 2. The lowest BCUT2D eigenvalue weighted by Gasteiger charge is -2.63. The number of aldehydes is 1. The Morgan fingerprint density at radius 1 is 1.08 bits per heavy atom. The van der Waals surface area contributed by atoms with Crippen LogP contribution >= 0.6 is 21.6 Å². The van der Waals surface area contributed by atoms with Gasteiger partial charge in [0.05, 0.1) is 18.8 Å². The number of carbonyl (C=O) groups is 2. The van der Waals surface area contributed by atoms with E-state index < -0.39 is 11.0 Å². The van der Waals surface area contributed by atoms with Gasteiger partial charge in [0.1, 0.15) is 18.0 Å². The third-order valence-electron chi connectivity index (χ3n) is 12.6. The molecule has 1 aliphatic carbocycles. The minimum Gasteiger partial charge on any atom is -0.378 e. The zero-order valence-electron chi connectivity index (χ0n) is 32.5. The number of rotatable bonds is 15. The van der Waals surface area contributed by atoms with E-state index in [0.717, 1.165) is 30.2 Å². The Morgan fingerprint density at radius 2 is 1.76 bits per heavy atom. The van der Waals surface area contributed by atoms with Crippen LogP contribution in [0.25, 0.3) is 0 Å². The average molecular weight is 733 g/mol. The Hall–Kier alpha value is -1.51. The van der Waals surface area contributed by atoms with E-state index in [2.05, 4.69) is 102 Å². The molecule has 3 N–H and O–H groups in total. The van der Waals surface area contributed by atoms with Gasteiger partial charge in [-0.3, -0.25) is 14.5 Å². The second-order valence-electron chi connectivity index (χ2n) is 17.1. The summed E-state index contributed by atoms with van der Waals surface area (Å²) >= 11 is 0. The van der Waals surface area contributed by atoms with Crippen LogP contribution in [-0.2, 0) is 19.2 Å². The smallest absolute Gasteiger partial charge is 0.160 e. The van der Waals surface area contributed by atoms with Gasteiger partial charge in [0.15, 0.2) is 5.78 Å². The molecule has 12 heteroatoms. The fourth-order valence-corrected chi connectivity index (χ4v) is 10.6. The normalized spacial score (nSPS) is 27.2. The number of pyridine rings is 1. The molecule has 0 bridgehead atoms. The lowest BCUT2D eigenvalue weighted by Crippen LogP contribution is -2.73. The molecule has 2 aliphatic heterocycles. The Morgan fingerprint density at radius 3 is 2.36 bits per heavy atom. The minimum atomic E-state index is -0.838. The van der Waals surface area contributed by atoms with Crippen LogP contribution in [0.3, 0.4) is 0 Å². The van der Waals surface area contributed by atoms with E-state index in [4.69, 9.17) is 15.3 Å². The quantitative estimate of drug-likeness (QED) is 0.0928. The van der Waals surface area contributed by atoms with Gasteiger partial charge in [0.2, 0.25) is 0 Å². The van der Waals surface area contributed by atoms with Gasteiger partial charge < -0.3 is 20.2 Å². The molecule has 0 amide bonds. The van der Waals surface area contributed by atoms with Crippen molar-refractivity contribution >= 4 is 33.7 Å². The molecule has 2 saturated heterocycles. The number of hydrogen-bond acceptors (Lipinski definition) is 12. The number of allylic oxidation sites excluding steroid dienone is 2. The number of morpholine rings is 1. The van der Waals surface area contributed by atoms with Crippen molar-refractivity contribution in [2.45, 2.75) is 116 Å². The van der Waals surface area contributed by atoms with Gasteiger partial charge in [-0.1, -0.05) is 65.3 Å². The molecule has 3 aliphatic rings. The van der Waals surface area contributed by atoms with E-state index in [-0.39, 0.29) is 52.0 Å². The highest BCUT2D eigenvalue weighted by molar-refractivity contribution is 8.77. The SMILES string of the molecule is CC1CN(C(C=O)(CC(C)(C)SSc2ccccn2)C(C)(C)C(C)(C)CC2C(N3CCOCC3)=CC(=O)C(C)C2(C)C)C(C)CN1NOCN. The summed E-state index contributed by atoms with van der Waals surface area (Å²) in [5, 5.41) is 3.04. The van der Waals surface area contributed by atoms with Gasteiger partial charge in [-0.15, -0.1) is 5.59 Å². The Bertz CT molecular complexity index is 1340. The molecule has 0 aromatic carbocycles. The van der Waals surface area contributed by atoms with Crippen LogP contribution in [0.5, 0.6) is 0 Å². The number of hydrazine groups is 1. The van der Waals surface area contributed by atoms with Crippen molar-refractivity contribution in [3.8, 4) is 0 Å². The maximum absolute atomic E-state index is 14.3. The van der Waals surface area contributed by atoms with Gasteiger partial charge in [0.25, 0.3) is 0 Å². The molecule has 282 valence electrons. The number of nitrogens with one attached hydrogen (secondary N) is 1. The number of ketones is 1. The Balaban J connectivity index is 1.77. The molecule has 1 aromatic rings. The van der Waals surface area contributed by atoms with Crippen molar-refractivity contribution in [3.05, 3.63) is 36.2 Å². The summed E-state index contributed by atoms with van der Waals surface area (Å²) in [5.74, 6) is 0.215. The van der Waals surface area contributed by atoms with Gasteiger partial charge >= 0.3 is 0 Å². The van der Waals surface area contributed by atoms with Crippen molar-refractivity contribution in [1.82, 2.24) is 25.4 Å². The fraction of sp³-hybridized carbons (Fsp3) is 0.763. The van der Waals surface area contributed by atoms with E-state index in [0.29, 0.717) is 32.7 Å². The zero-order valence-corrected chi connectivity index (χ0v) is 34.1. The standard InChI is InChI=1S/C38H64N6O4S2/c1-27-23-44(41-48-26-39)28(2)22-43(27)38(25-45,24-35(6,7)50-49-33-14-12-13-15-40-33)37(10,11)34(4,5)21-30-31(42-16-18-47-19-17-42)20-32(46)29(3)36(30,8)9/h12-15,20,25,27-30,41H,16-19,21-24,26,39H2,1-11H3. The fourth-order valence-electron chi connectivity index (χ4n) is 8.37. The molecule has 2 fully saturated rings. The number of nitrogens with zero attached hydrogens (tertiary/aromatic N) is 4. The van der Waals surface area contributed by atoms with E-state index in [9.17, 15) is 9.59 Å². The molecular weight excluding hydrogens is 669 g/mol. The highest BCUT2D eigenvalue weighted by atomic mass is 33.1. The molecule has 0 spiro atoms. The second kappa shape index (κ2) is 16.2. The van der Waals surface area contributed by atoms with E-state index in [1.54, 1.807) is 21.6 Å². The molecule has 1 aromatic heterocycles. The van der Waals surface area contributed by atoms with Crippen LogP contribution < -0.4 is 11.3 Å². The largest absolute Gasteiger partial charge is 0.378 e. The third-order valence-corrected chi connectivity index (χ3v) is 15.8. The van der Waals surface area contributed by atoms with Crippen LogP contribution in [0.2, 0.25) is 0 Å². The van der Waals surface area contributed by atoms with Crippen molar-refractivity contribution in [2.24, 2.45) is 33.8 Å². The van der Waals surface area contributed by atoms with Crippen molar-refractivity contribution < 1.29 is 19.2 Å². The number of nitrogens with two attached hydrogens (primary N) is 1. The second-order valence-corrected chi connectivity index (χ2v) is 20.0.